The number of hydrogen-bond acceptors (Lipinski definition) is 3. The SMILES string of the molecule is CCOC(=O)c1cc2nc(C(F)(F)F)c(CC3CCC(F)(F)CC3)n2c(C)c1I. The first-order valence-electron chi connectivity index (χ1n) is 9.27. The van der Waals surface area contributed by atoms with Crippen molar-refractivity contribution in [3.63, 3.8) is 0 Å². The predicted octanol–water partition coefficient (Wildman–Crippen LogP) is 5.81. The van der Waals surface area contributed by atoms with Crippen molar-refractivity contribution in [2.45, 2.75) is 58.1 Å². The van der Waals surface area contributed by atoms with E-state index in [1.807, 2.05) is 22.6 Å². The Morgan fingerprint density at radius 3 is 2.52 bits per heavy atom. The molecule has 0 radical (unpaired) electrons. The van der Waals surface area contributed by atoms with Gasteiger partial charge in [0, 0.05) is 22.1 Å². The van der Waals surface area contributed by atoms with Gasteiger partial charge in [-0.25, -0.2) is 18.6 Å². The van der Waals surface area contributed by atoms with Gasteiger partial charge in [0.15, 0.2) is 5.69 Å². The fourth-order valence-electron chi connectivity index (χ4n) is 3.78. The topological polar surface area (TPSA) is 43.6 Å². The number of halogens is 6. The fraction of sp³-hybridized carbons (Fsp3) is 0.579. The van der Waals surface area contributed by atoms with Crippen LogP contribution in [0.1, 0.15) is 60.0 Å². The molecule has 4 nitrogen and oxygen atoms in total. The Kier molecular flexibility index (Phi) is 6.13. The second-order valence-electron chi connectivity index (χ2n) is 7.28. The summed E-state index contributed by atoms with van der Waals surface area (Å²) in [6.45, 7) is 3.38. The van der Waals surface area contributed by atoms with Crippen LogP contribution >= 0.6 is 22.6 Å². The van der Waals surface area contributed by atoms with E-state index < -0.39 is 23.8 Å². The molecule has 0 saturated heterocycles. The van der Waals surface area contributed by atoms with E-state index in [4.69, 9.17) is 4.74 Å². The molecule has 1 saturated carbocycles. The highest BCUT2D eigenvalue weighted by molar-refractivity contribution is 14.1. The maximum Gasteiger partial charge on any atom is 0.435 e. The quantitative estimate of drug-likeness (QED) is 0.285. The lowest BCUT2D eigenvalue weighted by Crippen LogP contribution is -2.26. The van der Waals surface area contributed by atoms with Crippen molar-refractivity contribution >= 4 is 34.2 Å². The van der Waals surface area contributed by atoms with Gasteiger partial charge in [0.05, 0.1) is 17.9 Å². The van der Waals surface area contributed by atoms with E-state index in [2.05, 4.69) is 4.98 Å². The number of imidazole rings is 1. The third-order valence-corrected chi connectivity index (χ3v) is 6.61. The molecule has 0 spiro atoms. The number of aromatic nitrogens is 2. The Morgan fingerprint density at radius 1 is 1.34 bits per heavy atom. The molecule has 0 bridgehead atoms. The van der Waals surface area contributed by atoms with E-state index in [9.17, 15) is 26.7 Å². The molecule has 1 aliphatic rings. The monoisotopic (exact) mass is 530 g/mol. The Labute approximate surface area is 178 Å². The largest absolute Gasteiger partial charge is 0.462 e. The number of fused-ring (bicyclic) bond motifs is 1. The summed E-state index contributed by atoms with van der Waals surface area (Å²) in [5.41, 5.74) is -0.497. The van der Waals surface area contributed by atoms with Crippen LogP contribution < -0.4 is 0 Å². The van der Waals surface area contributed by atoms with Crippen molar-refractivity contribution < 1.29 is 31.5 Å². The summed E-state index contributed by atoms with van der Waals surface area (Å²) in [7, 11) is 0. The van der Waals surface area contributed by atoms with Crippen LogP contribution in [0.3, 0.4) is 0 Å². The molecule has 2 heterocycles. The summed E-state index contributed by atoms with van der Waals surface area (Å²) in [5.74, 6) is -3.66. The summed E-state index contributed by atoms with van der Waals surface area (Å²) >= 11 is 1.90. The lowest BCUT2D eigenvalue weighted by atomic mass is 9.83. The zero-order chi connectivity index (χ0) is 21.6. The van der Waals surface area contributed by atoms with Gasteiger partial charge in [0.25, 0.3) is 0 Å². The number of ether oxygens (including phenoxy) is 1. The number of esters is 1. The zero-order valence-electron chi connectivity index (χ0n) is 15.9. The lowest BCUT2D eigenvalue weighted by molar-refractivity contribution is -0.141. The molecule has 0 atom stereocenters. The standard InChI is InChI=1S/C19H20F5IN2O2/c1-3-29-17(28)12-9-14-26-16(19(22,23)24)13(27(14)10(2)15(12)25)8-11-4-6-18(20,21)7-5-11/h9,11H,3-8H2,1-2H3. The minimum Gasteiger partial charge on any atom is -0.462 e. The molecule has 10 heteroatoms. The van der Waals surface area contributed by atoms with Crippen LogP contribution in [0.25, 0.3) is 5.65 Å². The first-order valence-corrected chi connectivity index (χ1v) is 10.3. The number of nitrogens with zero attached hydrogens (tertiary/aromatic N) is 2. The second kappa shape index (κ2) is 7.99. The van der Waals surface area contributed by atoms with Gasteiger partial charge in [-0.05, 0) is 67.7 Å². The van der Waals surface area contributed by atoms with Gasteiger partial charge in [-0.3, -0.25) is 4.40 Å². The molecule has 0 N–H and O–H groups in total. The normalized spacial score (nSPS) is 17.7. The summed E-state index contributed by atoms with van der Waals surface area (Å²) in [5, 5.41) is 0. The highest BCUT2D eigenvalue weighted by Crippen LogP contribution is 2.40. The summed E-state index contributed by atoms with van der Waals surface area (Å²) in [6, 6.07) is 1.29. The number of hydrogen-bond donors (Lipinski definition) is 0. The molecule has 0 aliphatic heterocycles. The van der Waals surface area contributed by atoms with Crippen molar-refractivity contribution in [2.75, 3.05) is 6.61 Å². The van der Waals surface area contributed by atoms with Crippen LogP contribution in [-0.4, -0.2) is 27.9 Å². The lowest BCUT2D eigenvalue weighted by Gasteiger charge is -2.28. The van der Waals surface area contributed by atoms with Crippen LogP contribution in [0.5, 0.6) is 0 Å². The van der Waals surface area contributed by atoms with Gasteiger partial charge < -0.3 is 4.74 Å². The number of pyridine rings is 1. The van der Waals surface area contributed by atoms with Crippen LogP contribution in [0.4, 0.5) is 22.0 Å². The summed E-state index contributed by atoms with van der Waals surface area (Å²) < 4.78 is 74.8. The van der Waals surface area contributed by atoms with Crippen molar-refractivity contribution in [3.8, 4) is 0 Å². The predicted molar refractivity (Wildman–Crippen MR) is 104 cm³/mol. The van der Waals surface area contributed by atoms with E-state index in [1.165, 1.54) is 10.5 Å². The van der Waals surface area contributed by atoms with Crippen LogP contribution in [0.15, 0.2) is 6.07 Å². The smallest absolute Gasteiger partial charge is 0.435 e. The molecule has 29 heavy (non-hydrogen) atoms. The van der Waals surface area contributed by atoms with Crippen molar-refractivity contribution in [3.05, 3.63) is 32.3 Å². The van der Waals surface area contributed by atoms with Crippen LogP contribution in [0, 0.1) is 16.4 Å². The average Bonchev–Trinajstić information content (AvgIpc) is 2.99. The highest BCUT2D eigenvalue weighted by Gasteiger charge is 2.41. The van der Waals surface area contributed by atoms with Gasteiger partial charge in [-0.1, -0.05) is 0 Å². The first-order chi connectivity index (χ1) is 13.4. The zero-order valence-corrected chi connectivity index (χ0v) is 18.0. The highest BCUT2D eigenvalue weighted by atomic mass is 127. The van der Waals surface area contributed by atoms with E-state index in [1.54, 1.807) is 13.8 Å². The third kappa shape index (κ3) is 4.51. The van der Waals surface area contributed by atoms with Crippen molar-refractivity contribution in [2.24, 2.45) is 5.92 Å². The molecule has 2 aromatic rings. The van der Waals surface area contributed by atoms with Gasteiger partial charge >= 0.3 is 12.1 Å². The molecular weight excluding hydrogens is 510 g/mol. The molecule has 1 fully saturated rings. The second-order valence-corrected chi connectivity index (χ2v) is 8.36. The molecule has 0 aromatic carbocycles. The molecule has 160 valence electrons. The maximum absolute atomic E-state index is 13.7. The molecular formula is C19H20F5IN2O2. The van der Waals surface area contributed by atoms with Crippen LogP contribution in [-0.2, 0) is 17.3 Å². The minimum absolute atomic E-state index is 0.00175. The average molecular weight is 530 g/mol. The van der Waals surface area contributed by atoms with Crippen molar-refractivity contribution in [1.29, 1.82) is 0 Å². The van der Waals surface area contributed by atoms with Gasteiger partial charge in [-0.15, -0.1) is 0 Å². The number of rotatable bonds is 4. The Bertz CT molecular complexity index is 929. The van der Waals surface area contributed by atoms with Gasteiger partial charge in [-0.2, -0.15) is 13.2 Å². The number of carbonyl (C=O) groups is 1. The number of aryl methyl sites for hydroxylation is 1. The van der Waals surface area contributed by atoms with E-state index in [-0.39, 0.29) is 61.5 Å². The van der Waals surface area contributed by atoms with Crippen molar-refractivity contribution in [1.82, 2.24) is 9.38 Å². The summed E-state index contributed by atoms with van der Waals surface area (Å²) in [4.78, 5) is 15.9. The third-order valence-electron chi connectivity index (χ3n) is 5.24. The number of alkyl halides is 5. The molecule has 1 aliphatic carbocycles. The van der Waals surface area contributed by atoms with Gasteiger partial charge in [0.2, 0.25) is 5.92 Å². The fourth-order valence-corrected chi connectivity index (χ4v) is 4.40. The minimum atomic E-state index is -4.69. The van der Waals surface area contributed by atoms with Crippen LogP contribution in [0.2, 0.25) is 0 Å². The van der Waals surface area contributed by atoms with E-state index >= 15 is 0 Å². The maximum atomic E-state index is 13.7. The molecule has 3 rings (SSSR count). The molecule has 2 aromatic heterocycles. The molecule has 0 unspecified atom stereocenters. The van der Waals surface area contributed by atoms with E-state index in [0.29, 0.717) is 9.26 Å². The van der Waals surface area contributed by atoms with Gasteiger partial charge in [0.1, 0.15) is 5.65 Å². The Balaban J connectivity index is 2.10. The first kappa shape index (κ1) is 22.2. The summed E-state index contributed by atoms with van der Waals surface area (Å²) in [6.07, 6.45) is -5.01. The Hall–Kier alpha value is -1.46. The van der Waals surface area contributed by atoms with E-state index in [0.717, 1.165) is 0 Å². The molecule has 0 amide bonds. The Morgan fingerprint density at radius 2 is 1.97 bits per heavy atom. The number of carbonyl (C=O) groups excluding carboxylic acids is 1.